The molecule has 4 heteroatoms. The van der Waals surface area contributed by atoms with Gasteiger partial charge in [0, 0.05) is 19.7 Å². The first-order valence-corrected chi connectivity index (χ1v) is 5.79. The Kier molecular flexibility index (Phi) is 6.60. The number of carbonyl (C=O) groups is 1. The molecule has 0 aromatic heterocycles. The lowest BCUT2D eigenvalue weighted by Gasteiger charge is -2.25. The third-order valence-corrected chi connectivity index (χ3v) is 2.32. The summed E-state index contributed by atoms with van der Waals surface area (Å²) in [5, 5.41) is 2.91. The van der Waals surface area contributed by atoms with Crippen molar-refractivity contribution < 1.29 is 9.53 Å². The van der Waals surface area contributed by atoms with E-state index in [2.05, 4.69) is 26.1 Å². The number of ether oxygens (including phenoxy) is 1. The van der Waals surface area contributed by atoms with Crippen LogP contribution in [0.1, 0.15) is 34.1 Å². The van der Waals surface area contributed by atoms with Crippen molar-refractivity contribution in [2.24, 2.45) is 17.1 Å². The Morgan fingerprint density at radius 1 is 1.44 bits per heavy atom. The summed E-state index contributed by atoms with van der Waals surface area (Å²) in [6.45, 7) is 9.18. The predicted octanol–water partition coefficient (Wildman–Crippen LogP) is 1.15. The van der Waals surface area contributed by atoms with Gasteiger partial charge in [0.2, 0.25) is 5.91 Å². The van der Waals surface area contributed by atoms with Gasteiger partial charge in [-0.05, 0) is 18.8 Å². The summed E-state index contributed by atoms with van der Waals surface area (Å²) >= 11 is 0. The van der Waals surface area contributed by atoms with Crippen LogP contribution in [0.15, 0.2) is 0 Å². The molecule has 2 unspecified atom stereocenters. The number of carbonyl (C=O) groups excluding carboxylic acids is 1. The zero-order valence-corrected chi connectivity index (χ0v) is 11.2. The lowest BCUT2D eigenvalue weighted by Crippen LogP contribution is -2.43. The topological polar surface area (TPSA) is 64.3 Å². The van der Waals surface area contributed by atoms with Gasteiger partial charge in [0.15, 0.2) is 0 Å². The molecular formula is C12H26N2O2. The van der Waals surface area contributed by atoms with Gasteiger partial charge in [-0.1, -0.05) is 20.8 Å². The van der Waals surface area contributed by atoms with E-state index in [9.17, 15) is 4.79 Å². The minimum absolute atomic E-state index is 0.0296. The number of hydrogen-bond acceptors (Lipinski definition) is 3. The summed E-state index contributed by atoms with van der Waals surface area (Å²) in [4.78, 5) is 11.9. The van der Waals surface area contributed by atoms with Crippen LogP contribution in [0.2, 0.25) is 0 Å². The highest BCUT2D eigenvalue weighted by Gasteiger charge is 2.24. The maximum atomic E-state index is 11.9. The Morgan fingerprint density at radius 2 is 2.00 bits per heavy atom. The molecule has 96 valence electrons. The second-order valence-electron chi connectivity index (χ2n) is 5.56. The van der Waals surface area contributed by atoms with Gasteiger partial charge in [-0.2, -0.15) is 0 Å². The molecule has 0 spiro atoms. The first-order valence-electron chi connectivity index (χ1n) is 5.79. The monoisotopic (exact) mass is 230 g/mol. The Morgan fingerprint density at radius 3 is 2.38 bits per heavy atom. The standard InChI is InChI=1S/C12H26N2O2/c1-9(8-16-5)14-11(15)10(7-13)6-12(2,3)4/h9-10H,6-8,13H2,1-5H3,(H,14,15). The molecule has 0 aromatic rings. The van der Waals surface area contributed by atoms with Crippen molar-refractivity contribution in [2.45, 2.75) is 40.2 Å². The summed E-state index contributed by atoms with van der Waals surface area (Å²) in [7, 11) is 1.62. The molecule has 0 bridgehead atoms. The maximum absolute atomic E-state index is 11.9. The molecule has 0 rings (SSSR count). The molecule has 0 heterocycles. The van der Waals surface area contributed by atoms with Crippen LogP contribution < -0.4 is 11.1 Å². The molecular weight excluding hydrogens is 204 g/mol. The first kappa shape index (κ1) is 15.4. The van der Waals surface area contributed by atoms with Crippen molar-refractivity contribution in [2.75, 3.05) is 20.3 Å². The highest BCUT2D eigenvalue weighted by Crippen LogP contribution is 2.24. The van der Waals surface area contributed by atoms with E-state index in [0.717, 1.165) is 6.42 Å². The van der Waals surface area contributed by atoms with Crippen LogP contribution in [0.5, 0.6) is 0 Å². The number of nitrogens with two attached hydrogens (primary N) is 1. The first-order chi connectivity index (χ1) is 7.30. The zero-order valence-electron chi connectivity index (χ0n) is 11.2. The molecule has 0 aliphatic heterocycles. The molecule has 0 aliphatic rings. The second kappa shape index (κ2) is 6.86. The van der Waals surface area contributed by atoms with E-state index in [1.165, 1.54) is 0 Å². The summed E-state index contributed by atoms with van der Waals surface area (Å²) in [6, 6.07) is 0.0338. The van der Waals surface area contributed by atoms with Crippen LogP contribution in [-0.4, -0.2) is 32.2 Å². The SMILES string of the molecule is COCC(C)NC(=O)C(CN)CC(C)(C)C. The third kappa shape index (κ3) is 6.80. The van der Waals surface area contributed by atoms with Gasteiger partial charge in [0.1, 0.15) is 0 Å². The van der Waals surface area contributed by atoms with E-state index in [4.69, 9.17) is 10.5 Å². The Balaban J connectivity index is 4.21. The quantitative estimate of drug-likeness (QED) is 0.719. The van der Waals surface area contributed by atoms with Gasteiger partial charge in [0.25, 0.3) is 0 Å². The lowest BCUT2D eigenvalue weighted by atomic mass is 9.84. The average molecular weight is 230 g/mol. The van der Waals surface area contributed by atoms with Crippen LogP contribution in [0.3, 0.4) is 0 Å². The third-order valence-electron chi connectivity index (χ3n) is 2.32. The molecule has 0 saturated carbocycles. The Labute approximate surface area is 98.9 Å². The van der Waals surface area contributed by atoms with Gasteiger partial charge < -0.3 is 15.8 Å². The van der Waals surface area contributed by atoms with Gasteiger partial charge in [-0.25, -0.2) is 0 Å². The largest absolute Gasteiger partial charge is 0.383 e. The molecule has 0 aromatic carbocycles. The Hall–Kier alpha value is -0.610. The fourth-order valence-electron chi connectivity index (χ4n) is 1.67. The number of nitrogens with one attached hydrogen (secondary N) is 1. The molecule has 3 N–H and O–H groups in total. The molecule has 1 amide bonds. The van der Waals surface area contributed by atoms with Crippen LogP contribution in [-0.2, 0) is 9.53 Å². The molecule has 0 aliphatic carbocycles. The summed E-state index contributed by atoms with van der Waals surface area (Å²) in [5.41, 5.74) is 5.76. The molecule has 2 atom stereocenters. The van der Waals surface area contributed by atoms with Crippen molar-refractivity contribution in [3.8, 4) is 0 Å². The van der Waals surface area contributed by atoms with Crippen molar-refractivity contribution >= 4 is 5.91 Å². The highest BCUT2D eigenvalue weighted by molar-refractivity contribution is 5.79. The van der Waals surface area contributed by atoms with E-state index >= 15 is 0 Å². The van der Waals surface area contributed by atoms with Crippen molar-refractivity contribution in [3.63, 3.8) is 0 Å². The molecule has 0 radical (unpaired) electrons. The molecule has 16 heavy (non-hydrogen) atoms. The van der Waals surface area contributed by atoms with Crippen molar-refractivity contribution in [1.82, 2.24) is 5.32 Å². The van der Waals surface area contributed by atoms with E-state index in [1.54, 1.807) is 7.11 Å². The van der Waals surface area contributed by atoms with Gasteiger partial charge >= 0.3 is 0 Å². The van der Waals surface area contributed by atoms with Gasteiger partial charge in [-0.15, -0.1) is 0 Å². The number of hydrogen-bond donors (Lipinski definition) is 2. The van der Waals surface area contributed by atoms with Gasteiger partial charge in [-0.3, -0.25) is 4.79 Å². The fourth-order valence-corrected chi connectivity index (χ4v) is 1.67. The summed E-state index contributed by atoms with van der Waals surface area (Å²) < 4.78 is 4.97. The van der Waals surface area contributed by atoms with Crippen molar-refractivity contribution in [1.29, 1.82) is 0 Å². The number of methoxy groups -OCH3 is 1. The number of amides is 1. The minimum Gasteiger partial charge on any atom is -0.383 e. The molecule has 0 saturated heterocycles. The van der Waals surface area contributed by atoms with Gasteiger partial charge in [0.05, 0.1) is 12.5 Å². The minimum atomic E-state index is -0.112. The molecule has 0 fully saturated rings. The fraction of sp³-hybridized carbons (Fsp3) is 0.917. The lowest BCUT2D eigenvalue weighted by molar-refractivity contribution is -0.126. The van der Waals surface area contributed by atoms with Crippen LogP contribution in [0, 0.1) is 11.3 Å². The smallest absolute Gasteiger partial charge is 0.224 e. The van der Waals surface area contributed by atoms with E-state index in [-0.39, 0.29) is 23.3 Å². The number of rotatable bonds is 6. The van der Waals surface area contributed by atoms with Crippen LogP contribution in [0.4, 0.5) is 0 Å². The molecule has 4 nitrogen and oxygen atoms in total. The second-order valence-corrected chi connectivity index (χ2v) is 5.56. The van der Waals surface area contributed by atoms with E-state index in [0.29, 0.717) is 13.2 Å². The van der Waals surface area contributed by atoms with E-state index in [1.807, 2.05) is 6.92 Å². The average Bonchev–Trinajstić information content (AvgIpc) is 2.12. The van der Waals surface area contributed by atoms with Crippen LogP contribution >= 0.6 is 0 Å². The zero-order chi connectivity index (χ0) is 12.8. The van der Waals surface area contributed by atoms with Crippen molar-refractivity contribution in [3.05, 3.63) is 0 Å². The summed E-state index contributed by atoms with van der Waals surface area (Å²) in [6.07, 6.45) is 0.801. The van der Waals surface area contributed by atoms with E-state index < -0.39 is 0 Å². The Bertz CT molecular complexity index is 212. The normalized spacial score (nSPS) is 15.6. The summed E-state index contributed by atoms with van der Waals surface area (Å²) in [5.74, 6) is -0.0821. The maximum Gasteiger partial charge on any atom is 0.224 e. The predicted molar refractivity (Wildman–Crippen MR) is 66.1 cm³/mol. The van der Waals surface area contributed by atoms with Crippen LogP contribution in [0.25, 0.3) is 0 Å². The highest BCUT2D eigenvalue weighted by atomic mass is 16.5.